The van der Waals surface area contributed by atoms with Gasteiger partial charge in [-0.05, 0) is 32.0 Å². The van der Waals surface area contributed by atoms with Gasteiger partial charge in [-0.3, -0.25) is 0 Å². The van der Waals surface area contributed by atoms with Gasteiger partial charge in [0.1, 0.15) is 6.61 Å². The van der Waals surface area contributed by atoms with Crippen LogP contribution in [0.15, 0.2) is 12.1 Å². The number of hydrogen-bond donors (Lipinski definition) is 1. The molecule has 0 fully saturated rings. The number of nitrogens with one attached hydrogen (secondary N) is 1. The highest BCUT2D eigenvalue weighted by molar-refractivity contribution is 7.12. The molecule has 1 N–H and O–H groups in total. The van der Waals surface area contributed by atoms with Crippen LogP contribution in [0.4, 0.5) is 8.78 Å². The Hall–Kier alpha value is -0.520. The van der Waals surface area contributed by atoms with Gasteiger partial charge in [-0.15, -0.1) is 11.3 Å². The third-order valence-electron chi connectivity index (χ3n) is 2.35. The van der Waals surface area contributed by atoms with Crippen LogP contribution in [-0.2, 0) is 4.74 Å². The summed E-state index contributed by atoms with van der Waals surface area (Å²) >= 11 is 1.73. The number of hydrogen-bond acceptors (Lipinski definition) is 3. The molecule has 0 bridgehead atoms. The molecule has 1 aromatic heterocycles. The van der Waals surface area contributed by atoms with E-state index in [9.17, 15) is 8.78 Å². The summed E-state index contributed by atoms with van der Waals surface area (Å²) in [4.78, 5) is 2.50. The molecule has 0 amide bonds. The summed E-state index contributed by atoms with van der Waals surface area (Å²) < 4.78 is 28.7. The molecular weight excluding hydrogens is 244 g/mol. The van der Waals surface area contributed by atoms with Crippen LogP contribution >= 0.6 is 11.3 Å². The summed E-state index contributed by atoms with van der Waals surface area (Å²) in [5.41, 5.74) is 0. The van der Waals surface area contributed by atoms with E-state index in [0.717, 1.165) is 13.0 Å². The smallest absolute Gasteiger partial charge is 0.261 e. The first-order valence-electron chi connectivity index (χ1n) is 5.79. The lowest BCUT2D eigenvalue weighted by molar-refractivity contribution is 0.0145. The molecule has 0 aromatic carbocycles. The Morgan fingerprint density at radius 1 is 1.41 bits per heavy atom. The number of aryl methyl sites for hydroxylation is 1. The number of ether oxygens (including phenoxy) is 1. The molecule has 17 heavy (non-hydrogen) atoms. The fourth-order valence-corrected chi connectivity index (χ4v) is 2.59. The van der Waals surface area contributed by atoms with Crippen molar-refractivity contribution in [1.29, 1.82) is 0 Å². The number of alkyl halides is 2. The van der Waals surface area contributed by atoms with E-state index in [-0.39, 0.29) is 6.04 Å². The summed E-state index contributed by atoms with van der Waals surface area (Å²) in [6, 6.07) is 4.36. The Morgan fingerprint density at radius 2 is 2.18 bits per heavy atom. The Kier molecular flexibility index (Phi) is 6.62. The minimum Gasteiger partial charge on any atom is -0.375 e. The monoisotopic (exact) mass is 263 g/mol. The van der Waals surface area contributed by atoms with Crippen LogP contribution in [-0.4, -0.2) is 26.2 Å². The zero-order valence-electron chi connectivity index (χ0n) is 10.2. The first-order chi connectivity index (χ1) is 8.13. The van der Waals surface area contributed by atoms with Gasteiger partial charge in [0.15, 0.2) is 0 Å². The van der Waals surface area contributed by atoms with Gasteiger partial charge in [-0.2, -0.15) is 0 Å². The van der Waals surface area contributed by atoms with E-state index in [1.165, 1.54) is 9.75 Å². The van der Waals surface area contributed by atoms with Crippen LogP contribution < -0.4 is 5.32 Å². The summed E-state index contributed by atoms with van der Waals surface area (Å²) in [7, 11) is 0. The van der Waals surface area contributed by atoms with Crippen molar-refractivity contribution in [2.75, 3.05) is 19.8 Å². The highest BCUT2D eigenvalue weighted by atomic mass is 32.1. The number of halogens is 2. The van der Waals surface area contributed by atoms with Crippen LogP contribution in [0.3, 0.4) is 0 Å². The van der Waals surface area contributed by atoms with E-state index in [2.05, 4.69) is 24.4 Å². The van der Waals surface area contributed by atoms with E-state index < -0.39 is 13.0 Å². The first-order valence-corrected chi connectivity index (χ1v) is 6.60. The quantitative estimate of drug-likeness (QED) is 0.726. The van der Waals surface area contributed by atoms with Crippen molar-refractivity contribution in [3.8, 4) is 0 Å². The van der Waals surface area contributed by atoms with Crippen molar-refractivity contribution < 1.29 is 13.5 Å². The van der Waals surface area contributed by atoms with Gasteiger partial charge < -0.3 is 10.1 Å². The molecule has 1 rings (SSSR count). The molecule has 1 heterocycles. The molecule has 0 aliphatic heterocycles. The van der Waals surface area contributed by atoms with Gasteiger partial charge in [0.2, 0.25) is 0 Å². The molecule has 1 unspecified atom stereocenters. The topological polar surface area (TPSA) is 21.3 Å². The molecule has 0 spiro atoms. The van der Waals surface area contributed by atoms with Crippen molar-refractivity contribution in [3.05, 3.63) is 21.9 Å². The van der Waals surface area contributed by atoms with Crippen LogP contribution in [0.5, 0.6) is 0 Å². The van der Waals surface area contributed by atoms with Crippen molar-refractivity contribution in [2.45, 2.75) is 32.7 Å². The van der Waals surface area contributed by atoms with E-state index in [4.69, 9.17) is 4.74 Å². The molecule has 98 valence electrons. The molecule has 0 saturated heterocycles. The number of rotatable bonds is 8. The minimum absolute atomic E-state index is 0.205. The summed E-state index contributed by atoms with van der Waals surface area (Å²) in [5, 5.41) is 3.34. The zero-order chi connectivity index (χ0) is 12.7. The van der Waals surface area contributed by atoms with Crippen LogP contribution in [0.1, 0.15) is 29.1 Å². The fourth-order valence-electron chi connectivity index (χ4n) is 1.61. The molecule has 0 aliphatic carbocycles. The highest BCUT2D eigenvalue weighted by Crippen LogP contribution is 2.25. The molecule has 0 radical (unpaired) electrons. The summed E-state index contributed by atoms with van der Waals surface area (Å²) in [6.45, 7) is 4.84. The van der Waals surface area contributed by atoms with Crippen LogP contribution in [0.2, 0.25) is 0 Å². The zero-order valence-corrected chi connectivity index (χ0v) is 11.0. The number of thiophene rings is 1. The second-order valence-corrected chi connectivity index (χ2v) is 5.13. The van der Waals surface area contributed by atoms with Gasteiger partial charge in [-0.25, -0.2) is 8.78 Å². The van der Waals surface area contributed by atoms with Gasteiger partial charge in [0, 0.05) is 22.4 Å². The van der Waals surface area contributed by atoms with Crippen molar-refractivity contribution in [2.24, 2.45) is 0 Å². The maximum atomic E-state index is 11.9. The second-order valence-electron chi connectivity index (χ2n) is 3.81. The Labute approximate surface area is 105 Å². The summed E-state index contributed by atoms with van der Waals surface area (Å²) in [6.07, 6.45) is -1.66. The van der Waals surface area contributed by atoms with Crippen molar-refractivity contribution >= 4 is 11.3 Å². The van der Waals surface area contributed by atoms with E-state index in [1.54, 1.807) is 11.3 Å². The predicted molar refractivity (Wildman–Crippen MR) is 66.9 cm³/mol. The van der Waals surface area contributed by atoms with Crippen molar-refractivity contribution in [3.63, 3.8) is 0 Å². The summed E-state index contributed by atoms with van der Waals surface area (Å²) in [5.74, 6) is 0. The highest BCUT2D eigenvalue weighted by Gasteiger charge is 2.12. The Bertz CT molecular complexity index is 317. The third kappa shape index (κ3) is 5.57. The predicted octanol–water partition coefficient (Wildman–Crippen LogP) is 3.38. The van der Waals surface area contributed by atoms with Gasteiger partial charge in [-0.1, -0.05) is 6.92 Å². The molecular formula is C12H19F2NOS. The SMILES string of the molecule is CCNC(CCOCC(F)F)c1ccc(C)s1. The first kappa shape index (κ1) is 14.5. The molecule has 0 saturated carbocycles. The third-order valence-corrected chi connectivity index (χ3v) is 3.46. The lowest BCUT2D eigenvalue weighted by Gasteiger charge is -2.16. The molecule has 0 aliphatic rings. The van der Waals surface area contributed by atoms with Crippen LogP contribution in [0, 0.1) is 6.92 Å². The van der Waals surface area contributed by atoms with Gasteiger partial charge in [0.25, 0.3) is 6.43 Å². The molecule has 5 heteroatoms. The maximum Gasteiger partial charge on any atom is 0.261 e. The maximum absolute atomic E-state index is 11.9. The second kappa shape index (κ2) is 7.74. The van der Waals surface area contributed by atoms with Gasteiger partial charge >= 0.3 is 0 Å². The lowest BCUT2D eigenvalue weighted by atomic mass is 10.2. The Morgan fingerprint density at radius 3 is 2.71 bits per heavy atom. The average Bonchev–Trinajstić information content (AvgIpc) is 2.69. The van der Waals surface area contributed by atoms with E-state index in [0.29, 0.717) is 6.61 Å². The standard InChI is InChI=1S/C12H19F2NOS/c1-3-15-10(6-7-16-8-12(13)14)11-5-4-9(2)17-11/h4-5,10,12,15H,3,6-8H2,1-2H3. The normalized spacial score (nSPS) is 13.2. The lowest BCUT2D eigenvalue weighted by Crippen LogP contribution is -2.22. The van der Waals surface area contributed by atoms with E-state index in [1.807, 2.05) is 6.92 Å². The largest absolute Gasteiger partial charge is 0.375 e. The average molecular weight is 263 g/mol. The molecule has 1 aromatic rings. The van der Waals surface area contributed by atoms with Crippen LogP contribution in [0.25, 0.3) is 0 Å². The Balaban J connectivity index is 2.38. The van der Waals surface area contributed by atoms with Crippen molar-refractivity contribution in [1.82, 2.24) is 5.32 Å². The van der Waals surface area contributed by atoms with E-state index >= 15 is 0 Å². The van der Waals surface area contributed by atoms with Gasteiger partial charge in [0.05, 0.1) is 0 Å². The minimum atomic E-state index is -2.38. The fraction of sp³-hybridized carbons (Fsp3) is 0.667. The molecule has 2 nitrogen and oxygen atoms in total. The molecule has 1 atom stereocenters.